The number of hydrogen-bond donors (Lipinski definition) is 1. The van der Waals surface area contributed by atoms with E-state index in [1.165, 1.54) is 0 Å². The zero-order valence-electron chi connectivity index (χ0n) is 12.0. The van der Waals surface area contributed by atoms with Crippen molar-refractivity contribution in [1.29, 1.82) is 0 Å². The first kappa shape index (κ1) is 14.1. The van der Waals surface area contributed by atoms with E-state index in [1.54, 1.807) is 0 Å². The second-order valence-corrected chi connectivity index (χ2v) is 4.64. The molecule has 2 aromatic rings. The van der Waals surface area contributed by atoms with Crippen molar-refractivity contribution in [2.75, 3.05) is 0 Å². The van der Waals surface area contributed by atoms with Crippen molar-refractivity contribution in [1.82, 2.24) is 0 Å². The highest BCUT2D eigenvalue weighted by Crippen LogP contribution is 2.36. The Morgan fingerprint density at radius 2 is 1.80 bits per heavy atom. The number of allylic oxidation sites excluding steroid dienone is 4. The zero-order valence-corrected chi connectivity index (χ0v) is 12.0. The number of rotatable bonds is 4. The summed E-state index contributed by atoms with van der Waals surface area (Å²) in [5.41, 5.74) is 3.84. The number of para-hydroxylation sites is 1. The molecule has 0 amide bonds. The molecule has 0 spiro atoms. The molecule has 0 aromatic heterocycles. The first-order valence-corrected chi connectivity index (χ1v) is 6.98. The van der Waals surface area contributed by atoms with Crippen LogP contribution in [-0.4, -0.2) is 5.11 Å². The molecule has 0 aliphatic rings. The Bertz CT molecular complexity index is 621. The number of phenolic OH excluding ortho intramolecular Hbond substituents is 1. The first-order valence-electron chi connectivity index (χ1n) is 6.98. The molecule has 0 radical (unpaired) electrons. The summed E-state index contributed by atoms with van der Waals surface area (Å²) in [5, 5.41) is 10.6. The second-order valence-electron chi connectivity index (χ2n) is 4.64. The number of hydrogen-bond acceptors (Lipinski definition) is 1. The molecule has 1 N–H and O–H groups in total. The van der Waals surface area contributed by atoms with Gasteiger partial charge in [0.15, 0.2) is 0 Å². The summed E-state index contributed by atoms with van der Waals surface area (Å²) in [6, 6.07) is 15.9. The van der Waals surface area contributed by atoms with Crippen molar-refractivity contribution in [3.8, 4) is 16.9 Å². The number of aromatic hydroxyl groups is 1. The van der Waals surface area contributed by atoms with Gasteiger partial charge in [0.2, 0.25) is 0 Å². The second kappa shape index (κ2) is 6.76. The van der Waals surface area contributed by atoms with Crippen molar-refractivity contribution in [3.63, 3.8) is 0 Å². The number of benzene rings is 2. The van der Waals surface area contributed by atoms with Gasteiger partial charge in [0.05, 0.1) is 0 Å². The van der Waals surface area contributed by atoms with E-state index in [0.717, 1.165) is 28.7 Å². The van der Waals surface area contributed by atoms with E-state index < -0.39 is 0 Å². The summed E-state index contributed by atoms with van der Waals surface area (Å²) in [6.07, 6.45) is 7.10. The molecular weight excluding hydrogens is 244 g/mol. The average Bonchev–Trinajstić information content (AvgIpc) is 2.48. The minimum absolute atomic E-state index is 0.344. The Kier molecular flexibility index (Phi) is 4.78. The molecule has 0 aliphatic heterocycles. The predicted molar refractivity (Wildman–Crippen MR) is 86.6 cm³/mol. The van der Waals surface area contributed by atoms with Crippen LogP contribution in [0.2, 0.25) is 0 Å². The molecule has 20 heavy (non-hydrogen) atoms. The molecule has 2 rings (SSSR count). The lowest BCUT2D eigenvalue weighted by atomic mass is 9.96. The van der Waals surface area contributed by atoms with Gasteiger partial charge in [0.25, 0.3) is 0 Å². The fourth-order valence-corrected chi connectivity index (χ4v) is 2.29. The van der Waals surface area contributed by atoms with Crippen LogP contribution in [-0.2, 0) is 0 Å². The van der Waals surface area contributed by atoms with Gasteiger partial charge in [0, 0.05) is 11.1 Å². The smallest absolute Gasteiger partial charge is 0.131 e. The molecule has 2 aromatic carbocycles. The molecule has 0 bridgehead atoms. The third-order valence-electron chi connectivity index (χ3n) is 3.20. The van der Waals surface area contributed by atoms with E-state index in [0.29, 0.717) is 5.75 Å². The van der Waals surface area contributed by atoms with Gasteiger partial charge in [-0.2, -0.15) is 0 Å². The maximum Gasteiger partial charge on any atom is 0.131 e. The highest BCUT2D eigenvalue weighted by molar-refractivity contribution is 5.84. The highest BCUT2D eigenvalue weighted by Gasteiger charge is 2.10. The van der Waals surface area contributed by atoms with Crippen molar-refractivity contribution in [3.05, 3.63) is 72.3 Å². The minimum Gasteiger partial charge on any atom is -0.507 e. The van der Waals surface area contributed by atoms with Crippen molar-refractivity contribution in [2.24, 2.45) is 0 Å². The van der Waals surface area contributed by atoms with Crippen LogP contribution in [0.4, 0.5) is 0 Å². The highest BCUT2D eigenvalue weighted by atomic mass is 16.3. The molecule has 0 saturated carbocycles. The van der Waals surface area contributed by atoms with Crippen LogP contribution in [0.25, 0.3) is 16.7 Å². The van der Waals surface area contributed by atoms with E-state index in [9.17, 15) is 5.11 Å². The van der Waals surface area contributed by atoms with Gasteiger partial charge in [-0.15, -0.1) is 0 Å². The third-order valence-corrected chi connectivity index (χ3v) is 3.20. The monoisotopic (exact) mass is 264 g/mol. The Morgan fingerprint density at radius 3 is 2.45 bits per heavy atom. The minimum atomic E-state index is 0.344. The quantitative estimate of drug-likeness (QED) is 0.730. The van der Waals surface area contributed by atoms with Gasteiger partial charge in [-0.3, -0.25) is 0 Å². The van der Waals surface area contributed by atoms with Gasteiger partial charge >= 0.3 is 0 Å². The molecule has 1 nitrogen and oxygen atoms in total. The van der Waals surface area contributed by atoms with Crippen molar-refractivity contribution in [2.45, 2.75) is 20.3 Å². The zero-order chi connectivity index (χ0) is 14.4. The molecule has 0 fully saturated rings. The summed E-state index contributed by atoms with van der Waals surface area (Å²) in [4.78, 5) is 0. The molecule has 0 atom stereocenters. The SMILES string of the molecule is C/C=C\C(=C/CC)c1cccc(-c2ccccc2)c1O. The summed E-state index contributed by atoms with van der Waals surface area (Å²) >= 11 is 0. The van der Waals surface area contributed by atoms with Crippen LogP contribution < -0.4 is 0 Å². The van der Waals surface area contributed by atoms with E-state index in [1.807, 2.05) is 67.6 Å². The summed E-state index contributed by atoms with van der Waals surface area (Å²) < 4.78 is 0. The van der Waals surface area contributed by atoms with Crippen LogP contribution in [0, 0.1) is 0 Å². The fourth-order valence-electron chi connectivity index (χ4n) is 2.29. The third kappa shape index (κ3) is 3.00. The average molecular weight is 264 g/mol. The van der Waals surface area contributed by atoms with Crippen molar-refractivity contribution >= 4 is 5.57 Å². The van der Waals surface area contributed by atoms with Gasteiger partial charge in [-0.1, -0.05) is 73.7 Å². The molecule has 0 saturated heterocycles. The molecular formula is C19H20O. The standard InChI is InChI=1S/C19H20O/c1-3-9-15(10-4-2)17-13-8-14-18(19(17)20)16-11-6-5-7-12-16/h3,5-14,20H,4H2,1-2H3/b9-3-,15-10+. The Hall–Kier alpha value is -2.28. The lowest BCUT2D eigenvalue weighted by Crippen LogP contribution is -1.86. The normalized spacial score (nSPS) is 12.0. The summed E-state index contributed by atoms with van der Waals surface area (Å²) in [7, 11) is 0. The van der Waals surface area contributed by atoms with E-state index in [4.69, 9.17) is 0 Å². The molecule has 0 heterocycles. The number of phenols is 1. The largest absolute Gasteiger partial charge is 0.507 e. The molecule has 102 valence electrons. The summed E-state index contributed by atoms with van der Waals surface area (Å²) in [6.45, 7) is 4.09. The van der Waals surface area contributed by atoms with E-state index in [-0.39, 0.29) is 0 Å². The Labute approximate surface area is 120 Å². The maximum atomic E-state index is 10.6. The first-order chi connectivity index (χ1) is 9.77. The molecule has 0 unspecified atom stereocenters. The van der Waals surface area contributed by atoms with Gasteiger partial charge < -0.3 is 5.11 Å². The molecule has 0 aliphatic carbocycles. The predicted octanol–water partition coefficient (Wildman–Crippen LogP) is 5.43. The fraction of sp³-hybridized carbons (Fsp3) is 0.158. The summed E-state index contributed by atoms with van der Waals surface area (Å²) in [5.74, 6) is 0.344. The Morgan fingerprint density at radius 1 is 1.05 bits per heavy atom. The molecule has 1 heteroatoms. The lowest BCUT2D eigenvalue weighted by Gasteiger charge is -2.11. The van der Waals surface area contributed by atoms with E-state index in [2.05, 4.69) is 13.0 Å². The van der Waals surface area contributed by atoms with Crippen LogP contribution >= 0.6 is 0 Å². The topological polar surface area (TPSA) is 20.2 Å². The van der Waals surface area contributed by atoms with Crippen LogP contribution in [0.1, 0.15) is 25.8 Å². The van der Waals surface area contributed by atoms with Crippen LogP contribution in [0.3, 0.4) is 0 Å². The van der Waals surface area contributed by atoms with E-state index >= 15 is 0 Å². The van der Waals surface area contributed by atoms with Gasteiger partial charge in [0.1, 0.15) is 5.75 Å². The van der Waals surface area contributed by atoms with Crippen LogP contribution in [0.5, 0.6) is 5.75 Å². The maximum absolute atomic E-state index is 10.6. The lowest BCUT2D eigenvalue weighted by molar-refractivity contribution is 0.475. The van der Waals surface area contributed by atoms with Crippen LogP contribution in [0.15, 0.2) is 66.8 Å². The van der Waals surface area contributed by atoms with Gasteiger partial charge in [-0.05, 0) is 24.5 Å². The Balaban J connectivity index is 2.55. The van der Waals surface area contributed by atoms with Crippen molar-refractivity contribution < 1.29 is 5.11 Å². The van der Waals surface area contributed by atoms with Gasteiger partial charge in [-0.25, -0.2) is 0 Å².